The first kappa shape index (κ1) is 65.6. The molecule has 0 unspecified atom stereocenters. The van der Waals surface area contributed by atoms with Crippen LogP contribution in [0.1, 0.15) is 122 Å². The zero-order valence-electron chi connectivity index (χ0n) is 54.1. The lowest BCUT2D eigenvalue weighted by Gasteiger charge is -2.31. The summed E-state index contributed by atoms with van der Waals surface area (Å²) in [5.41, 5.74) is 9.90. The van der Waals surface area contributed by atoms with Crippen LogP contribution < -0.4 is 22.7 Å². The molecule has 8 aliphatic rings. The molecule has 4 N–H and O–H groups in total. The molecule has 0 saturated carbocycles. The van der Waals surface area contributed by atoms with Gasteiger partial charge in [-0.3, -0.25) is 81.1 Å². The van der Waals surface area contributed by atoms with Gasteiger partial charge in [-0.15, -0.1) is 4.28 Å². The van der Waals surface area contributed by atoms with Crippen LogP contribution in [0.5, 0.6) is 0 Å². The van der Waals surface area contributed by atoms with Gasteiger partial charge in [-0.25, -0.2) is 33.6 Å². The summed E-state index contributed by atoms with van der Waals surface area (Å²) in [6.45, 7) is 1.79. The van der Waals surface area contributed by atoms with Crippen molar-refractivity contribution in [3.05, 3.63) is 191 Å². The zero-order chi connectivity index (χ0) is 70.7. The molecule has 8 atom stereocenters. The van der Waals surface area contributed by atoms with Crippen molar-refractivity contribution in [2.45, 2.75) is 61.5 Å². The number of amides is 8. The monoisotopic (exact) mass is 1400 g/mol. The molecular formula is C57H62N24O18S. The Morgan fingerprint density at radius 1 is 0.510 bits per heavy atom. The van der Waals surface area contributed by atoms with Gasteiger partial charge in [0.05, 0.1) is 73.7 Å². The van der Waals surface area contributed by atoms with Crippen molar-refractivity contribution in [3.63, 3.8) is 0 Å². The number of hydroxylamine groups is 9. The van der Waals surface area contributed by atoms with Crippen molar-refractivity contribution in [2.24, 2.45) is 54.3 Å². The number of urea groups is 4. The first-order valence-corrected chi connectivity index (χ1v) is 31.9. The molecule has 8 amide bonds. The molecule has 17 rings (SSSR count). The number of hydrogen-bond donors (Lipinski definition) is 4. The summed E-state index contributed by atoms with van der Waals surface area (Å²) in [7, 11) is 8.17. The van der Waals surface area contributed by atoms with E-state index >= 15 is 0 Å². The highest BCUT2D eigenvalue weighted by atomic mass is 32.3. The third-order valence-electron chi connectivity index (χ3n) is 18.6. The topological polar surface area (TPSA) is 456 Å². The van der Waals surface area contributed by atoms with E-state index in [1.807, 2.05) is 67.7 Å². The molecule has 0 aliphatic carbocycles. The van der Waals surface area contributed by atoms with Crippen LogP contribution in [0.25, 0.3) is 0 Å². The van der Waals surface area contributed by atoms with E-state index in [0.29, 0.717) is 65.0 Å². The van der Waals surface area contributed by atoms with Gasteiger partial charge in [0.1, 0.15) is 67.4 Å². The van der Waals surface area contributed by atoms with Gasteiger partial charge in [-0.2, -0.15) is 49.1 Å². The number of amidine groups is 1. The van der Waals surface area contributed by atoms with Crippen molar-refractivity contribution >= 4 is 40.4 Å². The molecule has 4 fully saturated rings. The maximum Gasteiger partial charge on any atom is 0.441 e. The van der Waals surface area contributed by atoms with Gasteiger partial charge in [0.2, 0.25) is 0 Å². The second-order valence-corrected chi connectivity index (χ2v) is 25.0. The van der Waals surface area contributed by atoms with Crippen LogP contribution in [0.2, 0.25) is 0 Å². The summed E-state index contributed by atoms with van der Waals surface area (Å²) in [4.78, 5) is 108. The Balaban J connectivity index is 0.000000114. The second kappa shape index (κ2) is 25.0. The van der Waals surface area contributed by atoms with Gasteiger partial charge in [-0.05, 0) is 11.1 Å². The number of benzene rings is 2. The van der Waals surface area contributed by atoms with E-state index in [2.05, 4.69) is 59.7 Å². The van der Waals surface area contributed by atoms with E-state index in [-0.39, 0.29) is 49.0 Å². The third kappa shape index (κ3) is 10.7. The fraction of sp³-hybridized carbons (Fsp3) is 0.386. The van der Waals surface area contributed by atoms with Gasteiger partial charge in [0.25, 0.3) is 0 Å². The first-order valence-electron chi connectivity index (χ1n) is 30.5. The Morgan fingerprint density at radius 2 is 0.850 bits per heavy atom. The van der Waals surface area contributed by atoms with E-state index in [0.717, 1.165) is 43.8 Å². The molecule has 524 valence electrons. The predicted octanol–water partition coefficient (Wildman–Crippen LogP) is 0.613. The van der Waals surface area contributed by atoms with Gasteiger partial charge in [0.15, 0.2) is 17.5 Å². The molecule has 100 heavy (non-hydrogen) atoms. The van der Waals surface area contributed by atoms with Crippen LogP contribution >= 0.6 is 0 Å². The summed E-state index contributed by atoms with van der Waals surface area (Å²) < 4.78 is 59.8. The SMILES string of the molecule is CN=C(NO)[C@@H]1c2c(cnn2C)[C@@H]2CN1C(=O)N2OCc1ccccc1.Cn1ncc2c1[C@@H](c1noc(=O)n1C)N1C[C@@H]2N(O)C1=O.Cn1ncc2c1[C@@H](c1noc(=O)n1C)N1C[C@@H]2N(OCc2ccccc2)C1=O.Cn1ncc2c1[C@@H](c1noc(=O)n1C)N1C[C@@H]2N(OS(=O)(=O)O)C1=O. The lowest BCUT2D eigenvalue weighted by molar-refractivity contribution is -0.141. The van der Waals surface area contributed by atoms with E-state index in [9.17, 15) is 52.4 Å². The number of carbonyl (C=O) groups excluding carboxylic acids is 4. The quantitative estimate of drug-likeness (QED) is 0.0428. The van der Waals surface area contributed by atoms with Crippen LogP contribution in [0.3, 0.4) is 0 Å². The van der Waals surface area contributed by atoms with Gasteiger partial charge < -0.3 is 19.6 Å². The Morgan fingerprint density at radius 3 is 1.23 bits per heavy atom. The first-order chi connectivity index (χ1) is 47.9. The van der Waals surface area contributed by atoms with Crippen LogP contribution in [-0.2, 0) is 86.9 Å². The maximum absolute atomic E-state index is 13.1. The molecule has 15 heterocycles. The van der Waals surface area contributed by atoms with Gasteiger partial charge >= 0.3 is 51.8 Å². The molecule has 8 aliphatic heterocycles. The number of aryl methyl sites for hydroxylation is 4. The van der Waals surface area contributed by atoms with E-state index in [1.54, 1.807) is 77.7 Å². The highest BCUT2D eigenvalue weighted by Crippen LogP contribution is 2.49. The van der Waals surface area contributed by atoms with Crippen LogP contribution in [0.4, 0.5) is 19.2 Å². The number of hydrogen-bond acceptors (Lipinski definition) is 25. The molecule has 43 heteroatoms. The minimum atomic E-state index is -4.90. The van der Waals surface area contributed by atoms with Crippen LogP contribution in [-0.4, -0.2) is 195 Å². The number of nitrogens with one attached hydrogen (secondary N) is 1. The molecule has 7 aromatic heterocycles. The highest BCUT2D eigenvalue weighted by Gasteiger charge is 2.57. The number of fused-ring (bicyclic) bond motifs is 16. The summed E-state index contributed by atoms with van der Waals surface area (Å²) >= 11 is 0. The van der Waals surface area contributed by atoms with Crippen molar-refractivity contribution in [3.8, 4) is 0 Å². The summed E-state index contributed by atoms with van der Waals surface area (Å²) in [5, 5.41) is 51.9. The van der Waals surface area contributed by atoms with Crippen LogP contribution in [0, 0.1) is 0 Å². The Kier molecular flexibility index (Phi) is 16.4. The molecule has 9 aromatic rings. The van der Waals surface area contributed by atoms with E-state index in [4.69, 9.17) is 18.8 Å². The van der Waals surface area contributed by atoms with Gasteiger partial charge in [0, 0.05) is 78.6 Å². The Hall–Kier alpha value is -11.6. The standard InChI is InChI=1S/C18H18N6O4.C17H20N6O3.C11H12N6O7S.C11H12N6O4/c1-21-16(20-28-18(21)26)15-14-12(8-19-22(14)2)13-9-23(15)17(25)24(13)27-10-11-6-4-3-5-7-11;1-18-16(20-25)15-14-12(8-19-21(14)2)13-9-22(15)17(24)23(13)26-10-11-6-4-3-5-7-11;1-14-9(13-23-11(14)19)8-7-5(3-12-15(7)2)6-4-16(8)10(18)17(6)24-25(20,21)22;1-14-9(13-21-11(14)19)8-7-5(3-12-15(7)2)6-4-16(8)10(18)17(6)20/h3-8,13,15H,9-10H2,1-2H3;3-8,13,15,25H,9-10H2,1-2H3,(H,18,20);3,6,8H,4H2,1-2H3,(H,20,21,22);3,6,8,20H,4H2,1-2H3/t2*13-,15-;2*6-,8-/m0000/s1. The predicted molar refractivity (Wildman–Crippen MR) is 328 cm³/mol. The number of aliphatic imine (C=N–C) groups is 1. The van der Waals surface area contributed by atoms with Gasteiger partial charge in [-0.1, -0.05) is 76.1 Å². The van der Waals surface area contributed by atoms with Crippen molar-refractivity contribution in [1.29, 1.82) is 0 Å². The number of nitrogens with zero attached hydrogens (tertiary/aromatic N) is 23. The smallest absolute Gasteiger partial charge is 0.304 e. The fourth-order valence-electron chi connectivity index (χ4n) is 13.8. The minimum absolute atomic E-state index is 0.0543. The number of carbonyl (C=O) groups is 4. The van der Waals surface area contributed by atoms with Crippen molar-refractivity contribution in [2.75, 3.05) is 33.2 Å². The number of aromatic nitrogens is 14. The maximum atomic E-state index is 13.1. The molecule has 8 bridgehead atoms. The average molecular weight is 1400 g/mol. The molecular weight excluding hydrogens is 1340 g/mol. The van der Waals surface area contributed by atoms with E-state index in [1.165, 1.54) is 54.0 Å². The highest BCUT2D eigenvalue weighted by molar-refractivity contribution is 7.80. The van der Waals surface area contributed by atoms with E-state index < -0.39 is 76.0 Å². The molecule has 4 saturated heterocycles. The summed E-state index contributed by atoms with van der Waals surface area (Å²) in [6.07, 6.45) is 6.55. The Bertz CT molecular complexity index is 5030. The fourth-order valence-corrected chi connectivity index (χ4v) is 14.2. The largest absolute Gasteiger partial charge is 0.441 e. The van der Waals surface area contributed by atoms with Crippen molar-refractivity contribution in [1.82, 2.24) is 114 Å². The number of rotatable bonds is 12. The molecule has 0 radical (unpaired) electrons. The molecule has 2 aromatic carbocycles. The molecule has 42 nitrogen and oxygen atoms in total. The van der Waals surface area contributed by atoms with Crippen molar-refractivity contribution < 1.29 is 70.1 Å². The lowest BCUT2D eigenvalue weighted by Crippen LogP contribution is -2.43. The Labute approximate surface area is 562 Å². The summed E-state index contributed by atoms with van der Waals surface area (Å²) in [5.74, 6) is -0.813. The normalized spacial score (nSPS) is 22.2. The minimum Gasteiger partial charge on any atom is -0.304 e. The molecule has 0 spiro atoms. The third-order valence-corrected chi connectivity index (χ3v) is 18.9. The van der Waals surface area contributed by atoms with Crippen LogP contribution in [0.15, 0.2) is 118 Å². The lowest BCUT2D eigenvalue weighted by atomic mass is 9.97. The average Bonchev–Trinajstić information content (AvgIpc) is 1.59. The summed E-state index contributed by atoms with van der Waals surface area (Å²) in [6, 6.07) is 13.1. The zero-order valence-corrected chi connectivity index (χ0v) is 54.9. The second-order valence-electron chi connectivity index (χ2n) is 24.0.